The number of hydrogen-bond donors (Lipinski definition) is 2. The number of carbonyl (C=O) groups excluding carboxylic acids is 1. The summed E-state index contributed by atoms with van der Waals surface area (Å²) in [5.74, 6) is 1.87. The summed E-state index contributed by atoms with van der Waals surface area (Å²) in [6, 6.07) is 5.88. The number of nitrogens with one attached hydrogen (secondary N) is 2. The number of fused-ring (bicyclic) bond motifs is 1. The predicted octanol–water partition coefficient (Wildman–Crippen LogP) is -0.382. The number of carbonyl (C=O) groups is 1. The van der Waals surface area contributed by atoms with Crippen LogP contribution < -0.4 is 10.6 Å². The zero-order valence-corrected chi connectivity index (χ0v) is 17.9. The first-order valence-corrected chi connectivity index (χ1v) is 10.5. The smallest absolute Gasteiger partial charge is 0.234 e. The lowest BCUT2D eigenvalue weighted by Crippen LogP contribution is -2.54. The molecule has 3 rings (SSSR count). The highest BCUT2D eigenvalue weighted by atomic mass is 16.5. The van der Waals surface area contributed by atoms with E-state index in [9.17, 15) is 4.79 Å². The van der Waals surface area contributed by atoms with Gasteiger partial charge in [-0.05, 0) is 19.1 Å². The van der Waals surface area contributed by atoms with E-state index >= 15 is 0 Å². The molecule has 0 bridgehead atoms. The number of methoxy groups -OCH3 is 1. The van der Waals surface area contributed by atoms with Crippen LogP contribution >= 0.6 is 0 Å². The summed E-state index contributed by atoms with van der Waals surface area (Å²) in [4.78, 5) is 21.2. The molecule has 1 fully saturated rings. The molecule has 0 aliphatic carbocycles. The monoisotopic (exact) mass is 416 g/mol. The fourth-order valence-electron chi connectivity index (χ4n) is 3.42. The molecular weight excluding hydrogens is 384 g/mol. The first kappa shape index (κ1) is 22.0. The van der Waals surface area contributed by atoms with Crippen molar-refractivity contribution >= 4 is 17.5 Å². The molecule has 2 N–H and O–H groups in total. The van der Waals surface area contributed by atoms with E-state index in [-0.39, 0.29) is 5.91 Å². The number of aromatic nitrogens is 3. The lowest BCUT2D eigenvalue weighted by molar-refractivity contribution is -0.122. The molecule has 30 heavy (non-hydrogen) atoms. The van der Waals surface area contributed by atoms with Crippen molar-refractivity contribution < 1.29 is 9.53 Å². The van der Waals surface area contributed by atoms with Crippen LogP contribution in [0.3, 0.4) is 0 Å². The molecule has 1 amide bonds. The Morgan fingerprint density at radius 3 is 2.80 bits per heavy atom. The number of piperazine rings is 1. The second kappa shape index (κ2) is 11.5. The summed E-state index contributed by atoms with van der Waals surface area (Å²) < 4.78 is 6.96. The van der Waals surface area contributed by atoms with E-state index in [0.717, 1.165) is 56.6 Å². The van der Waals surface area contributed by atoms with Crippen molar-refractivity contribution in [1.29, 1.82) is 0 Å². The van der Waals surface area contributed by atoms with Crippen LogP contribution in [0.25, 0.3) is 5.65 Å². The molecule has 164 valence electrons. The Hall–Kier alpha value is -2.72. The minimum Gasteiger partial charge on any atom is -0.383 e. The fourth-order valence-corrected chi connectivity index (χ4v) is 3.42. The third-order valence-corrected chi connectivity index (χ3v) is 4.98. The maximum absolute atomic E-state index is 12.0. The van der Waals surface area contributed by atoms with Gasteiger partial charge in [0, 0.05) is 65.5 Å². The van der Waals surface area contributed by atoms with Crippen molar-refractivity contribution in [3.63, 3.8) is 0 Å². The third-order valence-electron chi connectivity index (χ3n) is 4.98. The molecule has 2 aromatic rings. The zero-order valence-electron chi connectivity index (χ0n) is 17.9. The molecule has 1 aliphatic rings. The molecule has 2 aromatic heterocycles. The van der Waals surface area contributed by atoms with E-state index in [1.807, 2.05) is 28.8 Å². The van der Waals surface area contributed by atoms with Crippen LogP contribution in [0.2, 0.25) is 0 Å². The Morgan fingerprint density at radius 2 is 2.03 bits per heavy atom. The number of aliphatic imine (C=N–C) groups is 1. The summed E-state index contributed by atoms with van der Waals surface area (Å²) in [6.45, 7) is 8.37. The van der Waals surface area contributed by atoms with Crippen molar-refractivity contribution in [1.82, 2.24) is 35.0 Å². The topological polar surface area (TPSA) is 99.4 Å². The summed E-state index contributed by atoms with van der Waals surface area (Å²) in [7, 11) is 1.63. The van der Waals surface area contributed by atoms with E-state index in [0.29, 0.717) is 26.2 Å². The van der Waals surface area contributed by atoms with Crippen LogP contribution in [0.4, 0.5) is 0 Å². The number of amides is 1. The summed E-state index contributed by atoms with van der Waals surface area (Å²) in [5.41, 5.74) is 0.853. The van der Waals surface area contributed by atoms with E-state index in [1.54, 1.807) is 7.11 Å². The number of nitrogens with zero attached hydrogens (tertiary/aromatic N) is 6. The average Bonchev–Trinajstić information content (AvgIpc) is 3.17. The zero-order chi connectivity index (χ0) is 21.2. The maximum atomic E-state index is 12.0. The second-order valence-corrected chi connectivity index (χ2v) is 7.14. The highest BCUT2D eigenvalue weighted by molar-refractivity contribution is 5.80. The van der Waals surface area contributed by atoms with E-state index < -0.39 is 0 Å². The Bertz CT molecular complexity index is 829. The van der Waals surface area contributed by atoms with Crippen LogP contribution in [-0.4, -0.2) is 102 Å². The van der Waals surface area contributed by atoms with Crippen LogP contribution in [0.1, 0.15) is 12.7 Å². The number of ether oxygens (including phenoxy) is 1. The van der Waals surface area contributed by atoms with Gasteiger partial charge in [0.05, 0.1) is 13.2 Å². The molecule has 1 aliphatic heterocycles. The number of pyridine rings is 1. The Morgan fingerprint density at radius 1 is 1.20 bits per heavy atom. The standard InChI is InChI=1S/C20H32N8O2/c1-3-21-20(23-8-7-18-25-24-17-6-4-5-10-28(17)18)27-13-11-26(12-14-27)16-19(29)22-9-15-30-2/h4-6,10H,3,7-9,11-16H2,1-2H3,(H,21,23)(H,22,29). The van der Waals surface area contributed by atoms with Crippen molar-refractivity contribution in [3.8, 4) is 0 Å². The van der Waals surface area contributed by atoms with E-state index in [1.165, 1.54) is 0 Å². The fraction of sp³-hybridized carbons (Fsp3) is 0.600. The highest BCUT2D eigenvalue weighted by Gasteiger charge is 2.21. The second-order valence-electron chi connectivity index (χ2n) is 7.14. The summed E-state index contributed by atoms with van der Waals surface area (Å²) in [6.07, 6.45) is 2.70. The Kier molecular flexibility index (Phi) is 8.40. The maximum Gasteiger partial charge on any atom is 0.234 e. The van der Waals surface area contributed by atoms with Gasteiger partial charge in [-0.25, -0.2) is 0 Å². The molecule has 0 radical (unpaired) electrons. The minimum absolute atomic E-state index is 0.0432. The van der Waals surface area contributed by atoms with Gasteiger partial charge in [0.25, 0.3) is 0 Å². The highest BCUT2D eigenvalue weighted by Crippen LogP contribution is 2.05. The van der Waals surface area contributed by atoms with Gasteiger partial charge in [0.1, 0.15) is 5.82 Å². The molecule has 10 nitrogen and oxygen atoms in total. The van der Waals surface area contributed by atoms with Gasteiger partial charge in [0.2, 0.25) is 5.91 Å². The molecule has 0 atom stereocenters. The molecule has 0 saturated carbocycles. The quantitative estimate of drug-likeness (QED) is 0.327. The predicted molar refractivity (Wildman–Crippen MR) is 116 cm³/mol. The van der Waals surface area contributed by atoms with E-state index in [2.05, 4.69) is 37.6 Å². The van der Waals surface area contributed by atoms with Gasteiger partial charge in [0.15, 0.2) is 11.6 Å². The average molecular weight is 417 g/mol. The normalized spacial score (nSPS) is 15.5. The first-order chi connectivity index (χ1) is 14.7. The van der Waals surface area contributed by atoms with E-state index in [4.69, 9.17) is 9.73 Å². The van der Waals surface area contributed by atoms with Gasteiger partial charge < -0.3 is 20.3 Å². The van der Waals surface area contributed by atoms with Crippen LogP contribution in [0, 0.1) is 0 Å². The molecule has 0 aromatic carbocycles. The van der Waals surface area contributed by atoms with Crippen LogP contribution in [-0.2, 0) is 16.0 Å². The summed E-state index contributed by atoms with van der Waals surface area (Å²) >= 11 is 0. The van der Waals surface area contributed by atoms with Gasteiger partial charge in [-0.1, -0.05) is 6.07 Å². The van der Waals surface area contributed by atoms with Gasteiger partial charge in [-0.15, -0.1) is 10.2 Å². The van der Waals surface area contributed by atoms with Crippen molar-refractivity contribution in [2.75, 3.05) is 66.1 Å². The molecule has 1 saturated heterocycles. The third kappa shape index (κ3) is 6.14. The molecule has 0 spiro atoms. The Labute approximate surface area is 177 Å². The molecule has 3 heterocycles. The number of hydrogen-bond acceptors (Lipinski definition) is 6. The SMILES string of the molecule is CCNC(=NCCc1nnc2ccccn12)N1CCN(CC(=O)NCCOC)CC1. The first-order valence-electron chi connectivity index (χ1n) is 10.5. The van der Waals surface area contributed by atoms with Crippen molar-refractivity contribution in [3.05, 3.63) is 30.2 Å². The van der Waals surface area contributed by atoms with Crippen molar-refractivity contribution in [2.45, 2.75) is 13.3 Å². The number of rotatable bonds is 9. The van der Waals surface area contributed by atoms with Crippen molar-refractivity contribution in [2.24, 2.45) is 4.99 Å². The summed E-state index contributed by atoms with van der Waals surface area (Å²) in [5, 5.41) is 14.7. The van der Waals surface area contributed by atoms with Gasteiger partial charge in [-0.3, -0.25) is 19.1 Å². The Balaban J connectivity index is 1.48. The lowest BCUT2D eigenvalue weighted by atomic mass is 10.3. The molecule has 10 heteroatoms. The van der Waals surface area contributed by atoms with Crippen LogP contribution in [0.15, 0.2) is 29.4 Å². The minimum atomic E-state index is 0.0432. The number of guanidine groups is 1. The largest absolute Gasteiger partial charge is 0.383 e. The van der Waals surface area contributed by atoms with Gasteiger partial charge >= 0.3 is 0 Å². The lowest BCUT2D eigenvalue weighted by Gasteiger charge is -2.36. The van der Waals surface area contributed by atoms with Crippen LogP contribution in [0.5, 0.6) is 0 Å². The molecule has 0 unspecified atom stereocenters. The molecular formula is C20H32N8O2. The van der Waals surface area contributed by atoms with Gasteiger partial charge in [-0.2, -0.15) is 0 Å².